The van der Waals surface area contributed by atoms with Gasteiger partial charge in [-0.1, -0.05) is 60.7 Å². The molecule has 4 N–H and O–H groups in total. The third kappa shape index (κ3) is 5.32. The topological polar surface area (TPSA) is 84.2 Å². The van der Waals surface area contributed by atoms with Gasteiger partial charge in [-0.2, -0.15) is 0 Å². The van der Waals surface area contributed by atoms with Crippen LogP contribution >= 0.6 is 0 Å². The van der Waals surface area contributed by atoms with E-state index in [0.29, 0.717) is 17.8 Å². The number of amides is 2. The highest BCUT2D eigenvalue weighted by Gasteiger charge is 2.14. The molecule has 0 saturated carbocycles. The van der Waals surface area contributed by atoms with E-state index >= 15 is 0 Å². The molecule has 5 heteroatoms. The first kappa shape index (κ1) is 18.9. The summed E-state index contributed by atoms with van der Waals surface area (Å²) in [6.45, 7) is 0.303. The van der Waals surface area contributed by atoms with Gasteiger partial charge in [0.2, 0.25) is 0 Å². The van der Waals surface area contributed by atoms with Crippen LogP contribution in [0, 0.1) is 0 Å². The summed E-state index contributed by atoms with van der Waals surface area (Å²) in [4.78, 5) is 25.3. The predicted octanol–water partition coefficient (Wildman–Crippen LogP) is 3.36. The van der Waals surface area contributed by atoms with E-state index in [-0.39, 0.29) is 17.5 Å². The summed E-state index contributed by atoms with van der Waals surface area (Å²) in [7, 11) is 0. The minimum atomic E-state index is -0.379. The van der Waals surface area contributed by atoms with Crippen molar-refractivity contribution < 1.29 is 9.59 Å². The highest BCUT2D eigenvalue weighted by molar-refractivity contribution is 6.05. The van der Waals surface area contributed by atoms with Crippen LogP contribution in [0.25, 0.3) is 6.08 Å². The average molecular weight is 371 g/mol. The van der Waals surface area contributed by atoms with Gasteiger partial charge in [0.25, 0.3) is 11.8 Å². The number of carbonyl (C=O) groups is 2. The molecule has 3 aromatic carbocycles. The van der Waals surface area contributed by atoms with Gasteiger partial charge in [-0.3, -0.25) is 9.59 Å². The van der Waals surface area contributed by atoms with Crippen LogP contribution in [0.1, 0.15) is 21.5 Å². The summed E-state index contributed by atoms with van der Waals surface area (Å²) >= 11 is 0. The van der Waals surface area contributed by atoms with Gasteiger partial charge in [0, 0.05) is 17.8 Å². The molecule has 0 fully saturated rings. The Morgan fingerprint density at radius 2 is 1.54 bits per heavy atom. The zero-order chi connectivity index (χ0) is 19.8. The zero-order valence-electron chi connectivity index (χ0n) is 15.3. The lowest BCUT2D eigenvalue weighted by atomic mass is 10.1. The van der Waals surface area contributed by atoms with Crippen molar-refractivity contribution in [3.05, 3.63) is 107 Å². The fraction of sp³-hybridized carbons (Fsp3) is 0.0435. The molecule has 0 unspecified atom stereocenters. The molecule has 0 bridgehead atoms. The second kappa shape index (κ2) is 9.19. The Bertz CT molecular complexity index is 983. The van der Waals surface area contributed by atoms with Crippen LogP contribution in [-0.2, 0) is 11.3 Å². The number of nitrogens with two attached hydrogens (primary N) is 1. The first-order valence-electron chi connectivity index (χ1n) is 8.87. The lowest BCUT2D eigenvalue weighted by Crippen LogP contribution is -2.34. The van der Waals surface area contributed by atoms with Crippen LogP contribution in [-0.4, -0.2) is 11.8 Å². The largest absolute Gasteiger partial charge is 0.399 e. The maximum absolute atomic E-state index is 12.7. The third-order valence-electron chi connectivity index (χ3n) is 4.04. The minimum absolute atomic E-state index is 0.170. The van der Waals surface area contributed by atoms with Crippen LogP contribution in [0.2, 0.25) is 0 Å². The van der Waals surface area contributed by atoms with E-state index in [1.807, 2.05) is 48.5 Å². The van der Waals surface area contributed by atoms with Crippen molar-refractivity contribution in [2.75, 3.05) is 5.73 Å². The van der Waals surface area contributed by atoms with Crippen LogP contribution in [0.15, 0.2) is 90.6 Å². The summed E-state index contributed by atoms with van der Waals surface area (Å²) in [6, 6.07) is 25.4. The standard InChI is InChI=1S/C23H21N3O2/c24-20-13-7-10-18(14-20)16-25-23(28)21(15-17-8-3-1-4-9-17)26-22(27)19-11-5-2-6-12-19/h1-15H,16,24H2,(H,25,28)(H,26,27). The predicted molar refractivity (Wildman–Crippen MR) is 111 cm³/mol. The highest BCUT2D eigenvalue weighted by atomic mass is 16.2. The SMILES string of the molecule is Nc1cccc(CNC(=O)C(=Cc2ccccc2)NC(=O)c2ccccc2)c1. The molecule has 0 spiro atoms. The Hall–Kier alpha value is -3.86. The Balaban J connectivity index is 1.78. The van der Waals surface area contributed by atoms with Gasteiger partial charge < -0.3 is 16.4 Å². The number of nitrogen functional groups attached to an aromatic ring is 1. The van der Waals surface area contributed by atoms with Crippen molar-refractivity contribution in [1.82, 2.24) is 10.6 Å². The quantitative estimate of drug-likeness (QED) is 0.459. The molecular formula is C23H21N3O2. The third-order valence-corrected chi connectivity index (χ3v) is 4.04. The van der Waals surface area contributed by atoms with Crippen molar-refractivity contribution in [1.29, 1.82) is 0 Å². The van der Waals surface area contributed by atoms with E-state index in [1.165, 1.54) is 0 Å². The van der Waals surface area contributed by atoms with Crippen LogP contribution in [0.3, 0.4) is 0 Å². The summed E-state index contributed by atoms with van der Waals surface area (Å²) < 4.78 is 0. The van der Waals surface area contributed by atoms with Gasteiger partial charge in [-0.05, 0) is 41.5 Å². The maximum atomic E-state index is 12.7. The van der Waals surface area contributed by atoms with Crippen LogP contribution < -0.4 is 16.4 Å². The molecule has 3 aromatic rings. The van der Waals surface area contributed by atoms with Crippen molar-refractivity contribution >= 4 is 23.6 Å². The smallest absolute Gasteiger partial charge is 0.268 e. The molecule has 5 nitrogen and oxygen atoms in total. The van der Waals surface area contributed by atoms with Crippen molar-refractivity contribution in [2.24, 2.45) is 0 Å². The number of benzene rings is 3. The van der Waals surface area contributed by atoms with E-state index in [0.717, 1.165) is 11.1 Å². The van der Waals surface area contributed by atoms with Gasteiger partial charge in [-0.15, -0.1) is 0 Å². The fourth-order valence-electron chi connectivity index (χ4n) is 2.64. The number of carbonyl (C=O) groups excluding carboxylic acids is 2. The number of hydrogen-bond acceptors (Lipinski definition) is 3. The number of hydrogen-bond donors (Lipinski definition) is 3. The Labute approximate surface area is 163 Å². The summed E-state index contributed by atoms with van der Waals surface area (Å²) in [5.41, 5.74) is 8.74. The van der Waals surface area contributed by atoms with E-state index in [9.17, 15) is 9.59 Å². The average Bonchev–Trinajstić information content (AvgIpc) is 2.73. The van der Waals surface area contributed by atoms with Crippen molar-refractivity contribution in [3.63, 3.8) is 0 Å². The van der Waals surface area contributed by atoms with E-state index in [2.05, 4.69) is 10.6 Å². The van der Waals surface area contributed by atoms with Crippen molar-refractivity contribution in [2.45, 2.75) is 6.54 Å². The summed E-state index contributed by atoms with van der Waals surface area (Å²) in [5.74, 6) is -0.725. The normalized spacial score (nSPS) is 10.9. The maximum Gasteiger partial charge on any atom is 0.268 e. The minimum Gasteiger partial charge on any atom is -0.399 e. The Morgan fingerprint density at radius 3 is 2.21 bits per heavy atom. The molecule has 0 aromatic heterocycles. The molecular weight excluding hydrogens is 350 g/mol. The molecule has 0 heterocycles. The van der Waals surface area contributed by atoms with Crippen LogP contribution in [0.5, 0.6) is 0 Å². The van der Waals surface area contributed by atoms with E-state index in [4.69, 9.17) is 5.73 Å². The summed E-state index contributed by atoms with van der Waals surface area (Å²) in [5, 5.41) is 5.54. The summed E-state index contributed by atoms with van der Waals surface area (Å²) in [6.07, 6.45) is 1.65. The zero-order valence-corrected chi connectivity index (χ0v) is 15.3. The molecule has 0 aliphatic rings. The molecule has 3 rings (SSSR count). The monoisotopic (exact) mass is 371 g/mol. The van der Waals surface area contributed by atoms with Gasteiger partial charge in [0.15, 0.2) is 0 Å². The van der Waals surface area contributed by atoms with Gasteiger partial charge in [-0.25, -0.2) is 0 Å². The lowest BCUT2D eigenvalue weighted by Gasteiger charge is -2.12. The molecule has 0 aliphatic carbocycles. The van der Waals surface area contributed by atoms with Gasteiger partial charge >= 0.3 is 0 Å². The second-order valence-electron chi connectivity index (χ2n) is 6.22. The molecule has 0 saturated heterocycles. The van der Waals surface area contributed by atoms with E-state index < -0.39 is 0 Å². The molecule has 0 radical (unpaired) electrons. The molecule has 140 valence electrons. The molecule has 0 atom stereocenters. The first-order chi connectivity index (χ1) is 13.6. The molecule has 2 amide bonds. The number of rotatable bonds is 6. The van der Waals surface area contributed by atoms with E-state index in [1.54, 1.807) is 42.5 Å². The molecule has 28 heavy (non-hydrogen) atoms. The Morgan fingerprint density at radius 1 is 0.857 bits per heavy atom. The van der Waals surface area contributed by atoms with Crippen LogP contribution in [0.4, 0.5) is 5.69 Å². The number of nitrogens with one attached hydrogen (secondary N) is 2. The molecule has 0 aliphatic heterocycles. The Kier molecular flexibility index (Phi) is 6.21. The second-order valence-corrected chi connectivity index (χ2v) is 6.22. The number of anilines is 1. The van der Waals surface area contributed by atoms with Crippen molar-refractivity contribution in [3.8, 4) is 0 Å². The van der Waals surface area contributed by atoms with Gasteiger partial charge in [0.05, 0.1) is 0 Å². The lowest BCUT2D eigenvalue weighted by molar-refractivity contribution is -0.117. The van der Waals surface area contributed by atoms with Gasteiger partial charge in [0.1, 0.15) is 5.70 Å². The fourth-order valence-corrected chi connectivity index (χ4v) is 2.64. The first-order valence-corrected chi connectivity index (χ1v) is 8.87. The highest BCUT2D eigenvalue weighted by Crippen LogP contribution is 2.09.